The lowest BCUT2D eigenvalue weighted by atomic mass is 10.1. The lowest BCUT2D eigenvalue weighted by Crippen LogP contribution is -2.28. The van der Waals surface area contributed by atoms with Crippen LogP contribution in [0.5, 0.6) is 0 Å². The molecule has 1 atom stereocenters. The predicted molar refractivity (Wildman–Crippen MR) is 84.0 cm³/mol. The minimum absolute atomic E-state index is 0.0185. The Morgan fingerprint density at radius 1 is 1.38 bits per heavy atom. The molecule has 0 saturated carbocycles. The fourth-order valence-electron chi connectivity index (χ4n) is 2.86. The van der Waals surface area contributed by atoms with Gasteiger partial charge in [0, 0.05) is 32.5 Å². The van der Waals surface area contributed by atoms with Crippen molar-refractivity contribution in [2.24, 2.45) is 7.05 Å². The summed E-state index contributed by atoms with van der Waals surface area (Å²) in [6.45, 7) is 1.23. The summed E-state index contributed by atoms with van der Waals surface area (Å²) >= 11 is 0. The third kappa shape index (κ3) is 2.66. The highest BCUT2D eigenvalue weighted by Gasteiger charge is 2.32. The van der Waals surface area contributed by atoms with Crippen LogP contribution in [0.3, 0.4) is 0 Å². The molecule has 1 aliphatic heterocycles. The minimum atomic E-state index is -0.0185. The number of hydrogen-bond acceptors (Lipinski definition) is 6. The standard InChI is InChI=1S/C16H16N6O2/c1-21-9-12(8-18-21)16(23)22-7-5-11(10-22)15-19-14(20-24-15)13-4-2-3-6-17-13/h2-4,6,8-9,11H,5,7,10H2,1H3/t11-/m1/s1. The predicted octanol–water partition coefficient (Wildman–Crippen LogP) is 1.49. The number of aromatic nitrogens is 5. The summed E-state index contributed by atoms with van der Waals surface area (Å²) in [6.07, 6.45) is 5.80. The molecule has 0 unspecified atom stereocenters. The van der Waals surface area contributed by atoms with Gasteiger partial charge >= 0.3 is 0 Å². The first-order valence-electron chi connectivity index (χ1n) is 7.73. The van der Waals surface area contributed by atoms with E-state index in [0.29, 0.717) is 36.1 Å². The third-order valence-corrected chi connectivity index (χ3v) is 4.11. The molecule has 8 nitrogen and oxygen atoms in total. The van der Waals surface area contributed by atoms with Gasteiger partial charge in [-0.15, -0.1) is 0 Å². The van der Waals surface area contributed by atoms with Gasteiger partial charge in [-0.2, -0.15) is 10.1 Å². The van der Waals surface area contributed by atoms with E-state index in [2.05, 4.69) is 20.2 Å². The van der Waals surface area contributed by atoms with E-state index in [4.69, 9.17) is 4.52 Å². The molecule has 0 aromatic carbocycles. The highest BCUT2D eigenvalue weighted by Crippen LogP contribution is 2.28. The van der Waals surface area contributed by atoms with Crippen molar-refractivity contribution < 1.29 is 9.32 Å². The smallest absolute Gasteiger partial charge is 0.257 e. The van der Waals surface area contributed by atoms with Gasteiger partial charge in [-0.05, 0) is 18.6 Å². The average molecular weight is 324 g/mol. The van der Waals surface area contributed by atoms with E-state index in [-0.39, 0.29) is 11.8 Å². The SMILES string of the molecule is Cn1cc(C(=O)N2CC[C@@H](c3nc(-c4ccccn4)no3)C2)cn1. The van der Waals surface area contributed by atoms with Crippen molar-refractivity contribution in [3.63, 3.8) is 0 Å². The van der Waals surface area contributed by atoms with Crippen molar-refractivity contribution in [3.05, 3.63) is 48.2 Å². The average Bonchev–Trinajstić information content (AvgIpc) is 3.35. The summed E-state index contributed by atoms with van der Waals surface area (Å²) in [5.41, 5.74) is 1.27. The van der Waals surface area contributed by atoms with Gasteiger partial charge in [-0.1, -0.05) is 11.2 Å². The van der Waals surface area contributed by atoms with E-state index < -0.39 is 0 Å². The van der Waals surface area contributed by atoms with Crippen LogP contribution in [0, 0.1) is 0 Å². The van der Waals surface area contributed by atoms with E-state index in [9.17, 15) is 4.79 Å². The highest BCUT2D eigenvalue weighted by molar-refractivity contribution is 5.93. The van der Waals surface area contributed by atoms with Crippen molar-refractivity contribution in [3.8, 4) is 11.5 Å². The second-order valence-corrected chi connectivity index (χ2v) is 5.81. The Kier molecular flexibility index (Phi) is 3.56. The van der Waals surface area contributed by atoms with Crippen LogP contribution >= 0.6 is 0 Å². The largest absolute Gasteiger partial charge is 0.339 e. The van der Waals surface area contributed by atoms with Crippen LogP contribution in [0.2, 0.25) is 0 Å². The van der Waals surface area contributed by atoms with Gasteiger partial charge in [0.05, 0.1) is 17.7 Å². The maximum absolute atomic E-state index is 12.5. The van der Waals surface area contributed by atoms with Crippen LogP contribution in [0.1, 0.15) is 28.6 Å². The number of amides is 1. The van der Waals surface area contributed by atoms with Crippen LogP contribution in [-0.4, -0.2) is 48.8 Å². The Morgan fingerprint density at radius 2 is 2.29 bits per heavy atom. The second kappa shape index (κ2) is 5.88. The van der Waals surface area contributed by atoms with Crippen molar-refractivity contribution in [1.82, 2.24) is 29.8 Å². The third-order valence-electron chi connectivity index (χ3n) is 4.11. The molecule has 1 fully saturated rings. The quantitative estimate of drug-likeness (QED) is 0.725. The first-order chi connectivity index (χ1) is 11.7. The number of aryl methyl sites for hydroxylation is 1. The summed E-state index contributed by atoms with van der Waals surface area (Å²) in [5, 5.41) is 8.04. The van der Waals surface area contributed by atoms with Crippen molar-refractivity contribution in [2.45, 2.75) is 12.3 Å². The number of rotatable bonds is 3. The molecule has 4 heterocycles. The Balaban J connectivity index is 1.47. The number of hydrogen-bond donors (Lipinski definition) is 0. The fourth-order valence-corrected chi connectivity index (χ4v) is 2.86. The molecule has 0 aliphatic carbocycles. The maximum atomic E-state index is 12.5. The molecule has 0 radical (unpaired) electrons. The van der Waals surface area contributed by atoms with Crippen LogP contribution in [0.15, 0.2) is 41.3 Å². The topological polar surface area (TPSA) is 89.9 Å². The molecule has 0 spiro atoms. The molecule has 1 aliphatic rings. The van der Waals surface area contributed by atoms with E-state index in [1.807, 2.05) is 18.2 Å². The molecule has 1 amide bonds. The minimum Gasteiger partial charge on any atom is -0.339 e. The van der Waals surface area contributed by atoms with Crippen LogP contribution < -0.4 is 0 Å². The molecule has 3 aromatic heterocycles. The zero-order valence-corrected chi connectivity index (χ0v) is 13.2. The van der Waals surface area contributed by atoms with Gasteiger partial charge in [0.1, 0.15) is 5.69 Å². The molecule has 8 heteroatoms. The van der Waals surface area contributed by atoms with E-state index in [1.165, 1.54) is 0 Å². The van der Waals surface area contributed by atoms with E-state index in [1.54, 1.807) is 35.2 Å². The highest BCUT2D eigenvalue weighted by atomic mass is 16.5. The summed E-state index contributed by atoms with van der Waals surface area (Å²) in [5.74, 6) is 1.06. The molecule has 1 saturated heterocycles. The van der Waals surface area contributed by atoms with E-state index in [0.717, 1.165) is 6.42 Å². The lowest BCUT2D eigenvalue weighted by Gasteiger charge is -2.14. The Bertz CT molecular complexity index is 856. The molecule has 3 aromatic rings. The maximum Gasteiger partial charge on any atom is 0.257 e. The summed E-state index contributed by atoms with van der Waals surface area (Å²) in [4.78, 5) is 22.9. The second-order valence-electron chi connectivity index (χ2n) is 5.81. The monoisotopic (exact) mass is 324 g/mol. The first kappa shape index (κ1) is 14.6. The van der Waals surface area contributed by atoms with Crippen molar-refractivity contribution in [2.75, 3.05) is 13.1 Å². The number of pyridine rings is 1. The molecule has 24 heavy (non-hydrogen) atoms. The summed E-state index contributed by atoms with van der Waals surface area (Å²) in [6, 6.07) is 5.55. The number of likely N-dealkylation sites (tertiary alicyclic amines) is 1. The number of carbonyl (C=O) groups is 1. The number of carbonyl (C=O) groups excluding carboxylic acids is 1. The molecule has 122 valence electrons. The number of nitrogens with zero attached hydrogens (tertiary/aromatic N) is 6. The van der Waals surface area contributed by atoms with Gasteiger partial charge in [-0.3, -0.25) is 14.5 Å². The molecule has 4 rings (SSSR count). The Hall–Kier alpha value is -3.03. The van der Waals surface area contributed by atoms with Crippen molar-refractivity contribution in [1.29, 1.82) is 0 Å². The van der Waals surface area contributed by atoms with Crippen LogP contribution in [0.25, 0.3) is 11.5 Å². The Morgan fingerprint density at radius 3 is 3.04 bits per heavy atom. The van der Waals surface area contributed by atoms with Gasteiger partial charge in [0.25, 0.3) is 5.91 Å². The molecule has 0 bridgehead atoms. The zero-order valence-electron chi connectivity index (χ0n) is 13.2. The molecular formula is C16H16N6O2. The van der Waals surface area contributed by atoms with E-state index >= 15 is 0 Å². The zero-order chi connectivity index (χ0) is 16.5. The molecule has 0 N–H and O–H groups in total. The van der Waals surface area contributed by atoms with Gasteiger partial charge in [0.15, 0.2) is 0 Å². The van der Waals surface area contributed by atoms with Crippen LogP contribution in [-0.2, 0) is 7.05 Å². The molecular weight excluding hydrogens is 308 g/mol. The summed E-state index contributed by atoms with van der Waals surface area (Å²) < 4.78 is 7.01. The van der Waals surface area contributed by atoms with Crippen LogP contribution in [0.4, 0.5) is 0 Å². The normalized spacial score (nSPS) is 17.4. The van der Waals surface area contributed by atoms with Gasteiger partial charge in [-0.25, -0.2) is 0 Å². The first-order valence-corrected chi connectivity index (χ1v) is 7.73. The van der Waals surface area contributed by atoms with Gasteiger partial charge in [0.2, 0.25) is 11.7 Å². The Labute approximate surface area is 138 Å². The van der Waals surface area contributed by atoms with Gasteiger partial charge < -0.3 is 9.42 Å². The fraction of sp³-hybridized carbons (Fsp3) is 0.312. The van der Waals surface area contributed by atoms with Crippen molar-refractivity contribution >= 4 is 5.91 Å². The lowest BCUT2D eigenvalue weighted by molar-refractivity contribution is 0.0789. The summed E-state index contributed by atoms with van der Waals surface area (Å²) in [7, 11) is 1.79.